The van der Waals surface area contributed by atoms with Crippen molar-refractivity contribution in [2.75, 3.05) is 39.9 Å². The molecule has 8 nitrogen and oxygen atoms in total. The van der Waals surface area contributed by atoms with Gasteiger partial charge in [0.25, 0.3) is 11.8 Å². The monoisotopic (exact) mass is 450 g/mol. The Bertz CT molecular complexity index is 859. The number of ether oxygens (including phenoxy) is 2. The number of furan rings is 1. The van der Waals surface area contributed by atoms with Gasteiger partial charge in [0.1, 0.15) is 5.75 Å². The fourth-order valence-electron chi connectivity index (χ4n) is 2.80. The highest BCUT2D eigenvalue weighted by molar-refractivity contribution is 9.10. The number of esters is 1. The Labute approximate surface area is 170 Å². The van der Waals surface area contributed by atoms with Gasteiger partial charge >= 0.3 is 5.97 Å². The molecule has 3 rings (SSSR count). The van der Waals surface area contributed by atoms with E-state index < -0.39 is 5.97 Å². The number of benzene rings is 1. The smallest absolute Gasteiger partial charge is 0.339 e. The quantitative estimate of drug-likeness (QED) is 0.648. The third-order valence-corrected chi connectivity index (χ3v) is 5.06. The summed E-state index contributed by atoms with van der Waals surface area (Å²) >= 11 is 3.28. The Morgan fingerprint density at radius 3 is 2.46 bits per heavy atom. The maximum atomic E-state index is 12.3. The number of piperazine rings is 1. The largest absolute Gasteiger partial charge is 0.497 e. The van der Waals surface area contributed by atoms with E-state index in [0.29, 0.717) is 36.4 Å². The zero-order valence-corrected chi connectivity index (χ0v) is 16.8. The summed E-state index contributed by atoms with van der Waals surface area (Å²) in [7, 11) is 1.50. The van der Waals surface area contributed by atoms with Gasteiger partial charge in [-0.05, 0) is 46.3 Å². The van der Waals surface area contributed by atoms with Crippen LogP contribution in [0.2, 0.25) is 0 Å². The van der Waals surface area contributed by atoms with E-state index in [9.17, 15) is 14.4 Å². The molecule has 1 aromatic heterocycles. The van der Waals surface area contributed by atoms with Gasteiger partial charge in [0.2, 0.25) is 0 Å². The zero-order valence-electron chi connectivity index (χ0n) is 15.2. The number of rotatable bonds is 5. The second-order valence-electron chi connectivity index (χ2n) is 6.07. The van der Waals surface area contributed by atoms with E-state index in [2.05, 4.69) is 15.9 Å². The van der Waals surface area contributed by atoms with Crippen LogP contribution < -0.4 is 4.74 Å². The number of hydrogen-bond acceptors (Lipinski definition) is 6. The molecule has 2 aromatic rings. The average molecular weight is 451 g/mol. The van der Waals surface area contributed by atoms with Crippen LogP contribution >= 0.6 is 15.9 Å². The third-order valence-electron chi connectivity index (χ3n) is 4.37. The van der Waals surface area contributed by atoms with Crippen LogP contribution in [0.3, 0.4) is 0 Å². The topological polar surface area (TPSA) is 89.3 Å². The Morgan fingerprint density at radius 1 is 1.11 bits per heavy atom. The van der Waals surface area contributed by atoms with Gasteiger partial charge in [-0.1, -0.05) is 0 Å². The van der Waals surface area contributed by atoms with Gasteiger partial charge in [-0.25, -0.2) is 4.79 Å². The lowest BCUT2D eigenvalue weighted by Gasteiger charge is -2.34. The predicted octanol–water partition coefficient (Wildman–Crippen LogP) is 2.19. The predicted molar refractivity (Wildman–Crippen MR) is 102 cm³/mol. The molecule has 0 atom stereocenters. The SMILES string of the molecule is COc1ccc(Br)c(C(=O)OCC(=O)N2CCN(C(=O)c3ccco3)CC2)c1. The number of hydrogen-bond donors (Lipinski definition) is 0. The highest BCUT2D eigenvalue weighted by Gasteiger charge is 2.26. The molecule has 1 fully saturated rings. The van der Waals surface area contributed by atoms with E-state index >= 15 is 0 Å². The molecule has 0 N–H and O–H groups in total. The minimum absolute atomic E-state index is 0.202. The first-order chi connectivity index (χ1) is 13.5. The van der Waals surface area contributed by atoms with Crippen LogP contribution in [-0.2, 0) is 9.53 Å². The molecule has 0 bridgehead atoms. The molecule has 1 aliphatic heterocycles. The van der Waals surface area contributed by atoms with Crippen molar-refractivity contribution in [3.63, 3.8) is 0 Å². The molecule has 1 aliphatic rings. The number of methoxy groups -OCH3 is 1. The standard InChI is InChI=1S/C19H19BrN2O6/c1-26-13-4-5-15(20)14(11-13)19(25)28-12-17(23)21-6-8-22(9-7-21)18(24)16-3-2-10-27-16/h2-5,10-11H,6-9,12H2,1H3. The molecular weight excluding hydrogens is 432 g/mol. The minimum atomic E-state index is -0.620. The molecule has 0 spiro atoms. The second kappa shape index (κ2) is 8.92. The second-order valence-corrected chi connectivity index (χ2v) is 6.93. The number of halogens is 1. The normalized spacial score (nSPS) is 13.9. The van der Waals surface area contributed by atoms with Crippen molar-refractivity contribution < 1.29 is 28.3 Å². The van der Waals surface area contributed by atoms with E-state index in [0.717, 1.165) is 0 Å². The molecule has 148 valence electrons. The number of carbonyl (C=O) groups excluding carboxylic acids is 3. The highest BCUT2D eigenvalue weighted by Crippen LogP contribution is 2.23. The van der Waals surface area contributed by atoms with Crippen LogP contribution in [0.5, 0.6) is 5.75 Å². The summed E-state index contributed by atoms with van der Waals surface area (Å²) in [4.78, 5) is 40.0. The van der Waals surface area contributed by atoms with Gasteiger partial charge in [-0.2, -0.15) is 0 Å². The van der Waals surface area contributed by atoms with E-state index in [1.54, 1.807) is 34.1 Å². The molecule has 2 amide bonds. The molecule has 9 heteroatoms. The number of nitrogens with zero attached hydrogens (tertiary/aromatic N) is 2. The van der Waals surface area contributed by atoms with Gasteiger partial charge in [0.05, 0.1) is 18.9 Å². The molecule has 2 heterocycles. The molecule has 0 unspecified atom stereocenters. The molecule has 1 saturated heterocycles. The van der Waals surface area contributed by atoms with Gasteiger partial charge in [0.15, 0.2) is 12.4 Å². The van der Waals surface area contributed by atoms with Crippen LogP contribution in [0.4, 0.5) is 0 Å². The summed E-state index contributed by atoms with van der Waals surface area (Å²) in [6.07, 6.45) is 1.45. The van der Waals surface area contributed by atoms with Crippen molar-refractivity contribution in [3.05, 3.63) is 52.4 Å². The lowest BCUT2D eigenvalue weighted by Crippen LogP contribution is -2.51. The van der Waals surface area contributed by atoms with Crippen LogP contribution in [0, 0.1) is 0 Å². The molecule has 28 heavy (non-hydrogen) atoms. The summed E-state index contributed by atoms with van der Waals surface area (Å²) in [5.74, 6) is -0.342. The Morgan fingerprint density at radius 2 is 1.82 bits per heavy atom. The average Bonchev–Trinajstić information content (AvgIpc) is 3.26. The molecule has 1 aromatic carbocycles. The van der Waals surface area contributed by atoms with Crippen molar-refractivity contribution in [1.82, 2.24) is 9.80 Å². The van der Waals surface area contributed by atoms with Crippen LogP contribution in [0.25, 0.3) is 0 Å². The molecule has 0 saturated carbocycles. The van der Waals surface area contributed by atoms with Crippen LogP contribution in [0.1, 0.15) is 20.9 Å². The third kappa shape index (κ3) is 4.53. The summed E-state index contributed by atoms with van der Waals surface area (Å²) in [5, 5.41) is 0. The van der Waals surface area contributed by atoms with E-state index in [-0.39, 0.29) is 29.7 Å². The van der Waals surface area contributed by atoms with Gasteiger partial charge in [0, 0.05) is 30.7 Å². The maximum Gasteiger partial charge on any atom is 0.339 e. The van der Waals surface area contributed by atoms with E-state index in [4.69, 9.17) is 13.9 Å². The Balaban J connectivity index is 1.49. The fraction of sp³-hybridized carbons (Fsp3) is 0.316. The minimum Gasteiger partial charge on any atom is -0.497 e. The van der Waals surface area contributed by atoms with Crippen LogP contribution in [-0.4, -0.2) is 67.5 Å². The molecule has 0 aliphatic carbocycles. The first-order valence-electron chi connectivity index (χ1n) is 8.61. The fourth-order valence-corrected chi connectivity index (χ4v) is 3.21. The van der Waals surface area contributed by atoms with Gasteiger partial charge in [-0.3, -0.25) is 9.59 Å². The Kier molecular flexibility index (Phi) is 6.35. The van der Waals surface area contributed by atoms with Gasteiger partial charge in [-0.15, -0.1) is 0 Å². The highest BCUT2D eigenvalue weighted by atomic mass is 79.9. The Hall–Kier alpha value is -2.81. The van der Waals surface area contributed by atoms with Crippen molar-refractivity contribution in [2.45, 2.75) is 0 Å². The summed E-state index contributed by atoms with van der Waals surface area (Å²) in [5.41, 5.74) is 0.279. The first kappa shape index (κ1) is 19.9. The summed E-state index contributed by atoms with van der Waals surface area (Å²) in [6, 6.07) is 8.18. The van der Waals surface area contributed by atoms with Gasteiger partial charge < -0.3 is 23.7 Å². The number of carbonyl (C=O) groups is 3. The molecule has 0 radical (unpaired) electrons. The summed E-state index contributed by atoms with van der Waals surface area (Å²) < 4.78 is 15.9. The van der Waals surface area contributed by atoms with E-state index in [1.807, 2.05) is 0 Å². The van der Waals surface area contributed by atoms with Crippen molar-refractivity contribution >= 4 is 33.7 Å². The van der Waals surface area contributed by atoms with Crippen molar-refractivity contribution in [3.8, 4) is 5.75 Å². The van der Waals surface area contributed by atoms with Crippen molar-refractivity contribution in [2.24, 2.45) is 0 Å². The lowest BCUT2D eigenvalue weighted by atomic mass is 10.2. The lowest BCUT2D eigenvalue weighted by molar-refractivity contribution is -0.136. The maximum absolute atomic E-state index is 12.3. The van der Waals surface area contributed by atoms with E-state index in [1.165, 1.54) is 19.4 Å². The van der Waals surface area contributed by atoms with Crippen molar-refractivity contribution in [1.29, 1.82) is 0 Å². The first-order valence-corrected chi connectivity index (χ1v) is 9.40. The number of amides is 2. The molecular formula is C19H19BrN2O6. The summed E-state index contributed by atoms with van der Waals surface area (Å²) in [6.45, 7) is 1.15. The zero-order chi connectivity index (χ0) is 20.1. The van der Waals surface area contributed by atoms with Crippen LogP contribution in [0.15, 0.2) is 45.5 Å².